The van der Waals surface area contributed by atoms with E-state index in [1.807, 2.05) is 24.3 Å². The minimum Gasteiger partial charge on any atom is -0.423 e. The van der Waals surface area contributed by atoms with Gasteiger partial charge in [-0.05, 0) is 36.8 Å². The number of anilines is 1. The van der Waals surface area contributed by atoms with E-state index in [1.165, 1.54) is 0 Å². The molecule has 0 atom stereocenters. The molecule has 1 N–H and O–H groups in total. The van der Waals surface area contributed by atoms with Crippen molar-refractivity contribution in [2.24, 2.45) is 11.8 Å². The number of carbonyl (C=O) groups is 1. The minimum atomic E-state index is 0.168. The molecule has 23 heavy (non-hydrogen) atoms. The van der Waals surface area contributed by atoms with Crippen LogP contribution in [0.1, 0.15) is 33.1 Å². The predicted molar refractivity (Wildman–Crippen MR) is 91.4 cm³/mol. The van der Waals surface area contributed by atoms with Crippen LogP contribution >= 0.6 is 0 Å². The van der Waals surface area contributed by atoms with E-state index in [-0.39, 0.29) is 5.91 Å². The predicted octanol–water partition coefficient (Wildman–Crippen LogP) is 3.21. The number of piperidine rings is 1. The van der Waals surface area contributed by atoms with Crippen LogP contribution in [0.5, 0.6) is 0 Å². The van der Waals surface area contributed by atoms with Crippen LogP contribution in [-0.2, 0) is 4.79 Å². The number of aromatic nitrogens is 1. The highest BCUT2D eigenvalue weighted by molar-refractivity contribution is 5.76. The van der Waals surface area contributed by atoms with Crippen LogP contribution < -0.4 is 10.2 Å². The Kier molecular flexibility index (Phi) is 4.84. The summed E-state index contributed by atoms with van der Waals surface area (Å²) in [7, 11) is 0. The highest BCUT2D eigenvalue weighted by Crippen LogP contribution is 2.26. The summed E-state index contributed by atoms with van der Waals surface area (Å²) in [5.41, 5.74) is 1.75. The van der Waals surface area contributed by atoms with Gasteiger partial charge in [0.1, 0.15) is 5.52 Å². The fourth-order valence-corrected chi connectivity index (χ4v) is 3.02. The number of carbonyl (C=O) groups excluding carboxylic acids is 1. The van der Waals surface area contributed by atoms with Gasteiger partial charge in [0.2, 0.25) is 5.91 Å². The van der Waals surface area contributed by atoms with Gasteiger partial charge in [0.15, 0.2) is 5.58 Å². The molecule has 0 saturated carbocycles. The summed E-state index contributed by atoms with van der Waals surface area (Å²) in [6.45, 7) is 6.78. The fourth-order valence-electron chi connectivity index (χ4n) is 3.02. The van der Waals surface area contributed by atoms with E-state index in [4.69, 9.17) is 4.42 Å². The van der Waals surface area contributed by atoms with Crippen molar-refractivity contribution < 1.29 is 9.21 Å². The zero-order valence-electron chi connectivity index (χ0n) is 13.9. The number of para-hydroxylation sites is 2. The molecule has 1 aliphatic heterocycles. The zero-order valence-corrected chi connectivity index (χ0v) is 13.9. The Hall–Kier alpha value is -2.04. The summed E-state index contributed by atoms with van der Waals surface area (Å²) in [6.07, 6.45) is 2.73. The largest absolute Gasteiger partial charge is 0.423 e. The average Bonchev–Trinajstić information content (AvgIpc) is 2.97. The molecule has 1 saturated heterocycles. The lowest BCUT2D eigenvalue weighted by Crippen LogP contribution is -2.39. The molecule has 1 aromatic heterocycles. The van der Waals surface area contributed by atoms with Crippen molar-refractivity contribution in [1.82, 2.24) is 10.3 Å². The topological polar surface area (TPSA) is 58.4 Å². The van der Waals surface area contributed by atoms with Crippen molar-refractivity contribution >= 4 is 23.0 Å². The first-order valence-corrected chi connectivity index (χ1v) is 8.49. The maximum absolute atomic E-state index is 11.7. The van der Waals surface area contributed by atoms with Gasteiger partial charge in [-0.15, -0.1) is 0 Å². The Bertz CT molecular complexity index is 624. The number of hydrogen-bond acceptors (Lipinski definition) is 4. The molecular weight excluding hydrogens is 290 g/mol. The number of benzene rings is 1. The lowest BCUT2D eigenvalue weighted by molar-refractivity contribution is -0.122. The third kappa shape index (κ3) is 4.03. The first-order chi connectivity index (χ1) is 11.1. The summed E-state index contributed by atoms with van der Waals surface area (Å²) in [5, 5.41) is 3.06. The zero-order chi connectivity index (χ0) is 16.2. The van der Waals surface area contributed by atoms with Crippen molar-refractivity contribution in [3.63, 3.8) is 0 Å². The molecule has 1 fully saturated rings. The van der Waals surface area contributed by atoms with Gasteiger partial charge in [-0.2, -0.15) is 4.98 Å². The van der Waals surface area contributed by atoms with Crippen molar-refractivity contribution in [2.45, 2.75) is 33.1 Å². The molecular formula is C18H25N3O2. The van der Waals surface area contributed by atoms with Crippen molar-refractivity contribution in [3.05, 3.63) is 24.3 Å². The van der Waals surface area contributed by atoms with Crippen molar-refractivity contribution in [3.8, 4) is 0 Å². The number of nitrogens with zero attached hydrogens (tertiary/aromatic N) is 2. The molecule has 0 spiro atoms. The maximum atomic E-state index is 11.7. The van der Waals surface area contributed by atoms with Gasteiger partial charge < -0.3 is 14.6 Å². The summed E-state index contributed by atoms with van der Waals surface area (Å²) in [5.74, 6) is 1.13. The third-order valence-corrected chi connectivity index (χ3v) is 4.35. The number of hydrogen-bond donors (Lipinski definition) is 1. The molecule has 3 rings (SSSR count). The molecule has 5 heteroatoms. The Balaban J connectivity index is 1.49. The second kappa shape index (κ2) is 7.02. The maximum Gasteiger partial charge on any atom is 0.298 e. The molecule has 2 aromatic rings. The number of oxazole rings is 1. The molecule has 0 aliphatic carbocycles. The van der Waals surface area contributed by atoms with Gasteiger partial charge >= 0.3 is 0 Å². The van der Waals surface area contributed by atoms with Crippen LogP contribution in [-0.4, -0.2) is 30.5 Å². The molecule has 0 bridgehead atoms. The smallest absolute Gasteiger partial charge is 0.298 e. The van der Waals surface area contributed by atoms with Crippen LogP contribution in [0, 0.1) is 11.8 Å². The average molecular weight is 315 g/mol. The van der Waals surface area contributed by atoms with E-state index in [1.54, 1.807) is 0 Å². The highest BCUT2D eigenvalue weighted by Gasteiger charge is 2.23. The molecule has 1 aliphatic rings. The lowest BCUT2D eigenvalue weighted by atomic mass is 9.97. The standard InChI is InChI=1S/C18H25N3O2/c1-13(2)11-17(22)19-12-14-7-9-21(10-8-14)18-20-15-5-3-4-6-16(15)23-18/h3-6,13-14H,7-12H2,1-2H3,(H,19,22). The SMILES string of the molecule is CC(C)CC(=O)NCC1CCN(c2nc3ccccc3o2)CC1. The number of nitrogens with one attached hydrogen (secondary N) is 1. The van der Waals surface area contributed by atoms with E-state index >= 15 is 0 Å². The van der Waals surface area contributed by atoms with Crippen LogP contribution in [0.25, 0.3) is 11.1 Å². The second-order valence-electron chi connectivity index (χ2n) is 6.80. The van der Waals surface area contributed by atoms with Gasteiger partial charge in [-0.3, -0.25) is 4.79 Å². The second-order valence-corrected chi connectivity index (χ2v) is 6.80. The fraction of sp³-hybridized carbons (Fsp3) is 0.556. The number of fused-ring (bicyclic) bond motifs is 1. The van der Waals surface area contributed by atoms with E-state index in [2.05, 4.69) is 29.0 Å². The quantitative estimate of drug-likeness (QED) is 0.920. The first-order valence-electron chi connectivity index (χ1n) is 8.49. The first kappa shape index (κ1) is 15.8. The highest BCUT2D eigenvalue weighted by atomic mass is 16.4. The van der Waals surface area contributed by atoms with E-state index < -0.39 is 0 Å². The van der Waals surface area contributed by atoms with Crippen molar-refractivity contribution in [1.29, 1.82) is 0 Å². The Labute approximate surface area is 137 Å². The summed E-state index contributed by atoms with van der Waals surface area (Å²) in [6, 6.07) is 8.57. The van der Waals surface area contributed by atoms with Crippen LogP contribution in [0.4, 0.5) is 6.01 Å². The van der Waals surface area contributed by atoms with Crippen LogP contribution in [0.3, 0.4) is 0 Å². The van der Waals surface area contributed by atoms with E-state index in [0.717, 1.165) is 43.6 Å². The van der Waals surface area contributed by atoms with E-state index in [9.17, 15) is 4.79 Å². The Morgan fingerprint density at radius 3 is 2.78 bits per heavy atom. The molecule has 1 aromatic carbocycles. The summed E-state index contributed by atoms with van der Waals surface area (Å²) < 4.78 is 5.83. The van der Waals surface area contributed by atoms with Gasteiger partial charge in [-0.1, -0.05) is 26.0 Å². The molecule has 0 radical (unpaired) electrons. The van der Waals surface area contributed by atoms with Crippen molar-refractivity contribution in [2.75, 3.05) is 24.5 Å². The lowest BCUT2D eigenvalue weighted by Gasteiger charge is -2.30. The Morgan fingerprint density at radius 1 is 1.35 bits per heavy atom. The minimum absolute atomic E-state index is 0.168. The molecule has 5 nitrogen and oxygen atoms in total. The van der Waals surface area contributed by atoms with E-state index in [0.29, 0.717) is 24.3 Å². The van der Waals surface area contributed by atoms with Gasteiger partial charge in [-0.25, -0.2) is 0 Å². The van der Waals surface area contributed by atoms with Crippen LogP contribution in [0.2, 0.25) is 0 Å². The molecule has 1 amide bonds. The van der Waals surface area contributed by atoms with Gasteiger partial charge in [0.05, 0.1) is 0 Å². The summed E-state index contributed by atoms with van der Waals surface area (Å²) in [4.78, 5) is 18.5. The van der Waals surface area contributed by atoms with Gasteiger partial charge in [0.25, 0.3) is 6.01 Å². The van der Waals surface area contributed by atoms with Crippen LogP contribution in [0.15, 0.2) is 28.7 Å². The number of rotatable bonds is 5. The van der Waals surface area contributed by atoms with Gasteiger partial charge in [0, 0.05) is 26.1 Å². The Morgan fingerprint density at radius 2 is 2.09 bits per heavy atom. The normalized spacial score (nSPS) is 16.2. The molecule has 0 unspecified atom stereocenters. The summed E-state index contributed by atoms with van der Waals surface area (Å²) >= 11 is 0. The third-order valence-electron chi connectivity index (χ3n) is 4.35. The molecule has 124 valence electrons. The molecule has 2 heterocycles. The monoisotopic (exact) mass is 315 g/mol. The number of amides is 1.